The van der Waals surface area contributed by atoms with Gasteiger partial charge < -0.3 is 10.2 Å². The van der Waals surface area contributed by atoms with E-state index in [9.17, 15) is 0 Å². The smallest absolute Gasteiger partial charge is 0.0897 e. The van der Waals surface area contributed by atoms with Gasteiger partial charge >= 0.3 is 0 Å². The van der Waals surface area contributed by atoms with Crippen molar-refractivity contribution in [1.82, 2.24) is 15.2 Å². The van der Waals surface area contributed by atoms with Crippen molar-refractivity contribution in [2.45, 2.75) is 51.2 Å². The number of nitrogens with one attached hydrogen (secondary N) is 1. The molecule has 3 heterocycles. The molecule has 1 aromatic rings. The van der Waals surface area contributed by atoms with E-state index in [1.807, 2.05) is 0 Å². The second-order valence-electron chi connectivity index (χ2n) is 5.88. The first kappa shape index (κ1) is 12.6. The third-order valence-electron chi connectivity index (χ3n) is 4.60. The summed E-state index contributed by atoms with van der Waals surface area (Å²) >= 11 is 1.74. The fraction of sp³-hybridized carbons (Fsp3) is 0.786. The van der Waals surface area contributed by atoms with Gasteiger partial charge in [0.25, 0.3) is 0 Å². The van der Waals surface area contributed by atoms with Gasteiger partial charge in [-0.3, -0.25) is 0 Å². The Morgan fingerprint density at radius 2 is 2.11 bits per heavy atom. The van der Waals surface area contributed by atoms with Crippen LogP contribution in [0, 0.1) is 12.8 Å². The summed E-state index contributed by atoms with van der Waals surface area (Å²) in [5, 5.41) is 6.93. The summed E-state index contributed by atoms with van der Waals surface area (Å²) < 4.78 is 0. The number of nitrogens with zero attached hydrogens (tertiary/aromatic N) is 2. The second-order valence-corrected chi connectivity index (χ2v) is 6.94. The summed E-state index contributed by atoms with van der Waals surface area (Å²) in [6.45, 7) is 4.17. The van der Waals surface area contributed by atoms with Crippen molar-refractivity contribution < 1.29 is 0 Å². The average molecular weight is 265 g/mol. The van der Waals surface area contributed by atoms with Crippen LogP contribution in [0.2, 0.25) is 0 Å². The Morgan fingerprint density at radius 3 is 2.72 bits per heavy atom. The number of thiazole rings is 1. The molecule has 0 aliphatic carbocycles. The Bertz CT molecular complexity index is 389. The van der Waals surface area contributed by atoms with E-state index in [4.69, 9.17) is 0 Å². The van der Waals surface area contributed by atoms with Crippen LogP contribution in [0.15, 0.2) is 5.38 Å². The molecule has 2 unspecified atom stereocenters. The molecule has 4 heteroatoms. The molecule has 2 bridgehead atoms. The number of piperidine rings is 1. The third kappa shape index (κ3) is 2.60. The molecule has 1 N–H and O–H groups in total. The molecule has 2 fully saturated rings. The van der Waals surface area contributed by atoms with E-state index in [1.54, 1.807) is 11.3 Å². The maximum absolute atomic E-state index is 4.50. The molecule has 2 saturated heterocycles. The molecule has 0 spiro atoms. The molecule has 100 valence electrons. The highest BCUT2D eigenvalue weighted by molar-refractivity contribution is 7.09. The Morgan fingerprint density at radius 1 is 1.39 bits per heavy atom. The molecule has 2 aliphatic heterocycles. The molecule has 3 nitrogen and oxygen atoms in total. The third-order valence-corrected chi connectivity index (χ3v) is 5.42. The van der Waals surface area contributed by atoms with Gasteiger partial charge in [-0.15, -0.1) is 11.3 Å². The summed E-state index contributed by atoms with van der Waals surface area (Å²) in [6, 6.07) is 1.72. The maximum atomic E-state index is 4.50. The first-order chi connectivity index (χ1) is 8.72. The summed E-state index contributed by atoms with van der Waals surface area (Å²) in [5.41, 5.74) is 1.20. The van der Waals surface area contributed by atoms with E-state index in [0.29, 0.717) is 0 Å². The van der Waals surface area contributed by atoms with Crippen LogP contribution < -0.4 is 5.32 Å². The van der Waals surface area contributed by atoms with Crippen molar-refractivity contribution in [2.75, 3.05) is 13.6 Å². The number of aryl methyl sites for hydroxylation is 1. The highest BCUT2D eigenvalue weighted by Gasteiger charge is 2.37. The highest BCUT2D eigenvalue weighted by Crippen LogP contribution is 2.36. The lowest BCUT2D eigenvalue weighted by Gasteiger charge is -2.36. The number of hydrogen-bond donors (Lipinski definition) is 1. The normalized spacial score (nSPS) is 32.0. The van der Waals surface area contributed by atoms with E-state index >= 15 is 0 Å². The summed E-state index contributed by atoms with van der Waals surface area (Å²) in [4.78, 5) is 7.11. The predicted molar refractivity (Wildman–Crippen MR) is 75.9 cm³/mol. The van der Waals surface area contributed by atoms with Crippen LogP contribution in [0.1, 0.15) is 36.4 Å². The standard InChI is InChI=1S/C14H23N3S/c1-10-16-12(9-18-10)8-15-7-11-5-13-3-4-14(6-11)17(13)2/h9,11,13-15H,3-8H2,1-2H3. The molecule has 0 radical (unpaired) electrons. The van der Waals surface area contributed by atoms with Gasteiger partial charge in [0, 0.05) is 24.0 Å². The predicted octanol–water partition coefficient (Wildman–Crippen LogP) is 2.41. The number of fused-ring (bicyclic) bond motifs is 2. The first-order valence-electron chi connectivity index (χ1n) is 7.06. The van der Waals surface area contributed by atoms with Crippen molar-refractivity contribution in [1.29, 1.82) is 0 Å². The molecule has 0 saturated carbocycles. The zero-order chi connectivity index (χ0) is 12.5. The summed E-state index contributed by atoms with van der Waals surface area (Å²) in [7, 11) is 2.31. The van der Waals surface area contributed by atoms with Crippen molar-refractivity contribution in [3.8, 4) is 0 Å². The van der Waals surface area contributed by atoms with Crippen LogP contribution in [0.5, 0.6) is 0 Å². The van der Waals surface area contributed by atoms with E-state index in [1.165, 1.54) is 36.4 Å². The Labute approximate surface area is 114 Å². The molecule has 1 aromatic heterocycles. The lowest BCUT2D eigenvalue weighted by molar-refractivity contribution is 0.133. The van der Waals surface area contributed by atoms with E-state index in [2.05, 4.69) is 34.6 Å². The quantitative estimate of drug-likeness (QED) is 0.906. The minimum absolute atomic E-state index is 0.858. The molecule has 18 heavy (non-hydrogen) atoms. The fourth-order valence-corrected chi connectivity index (χ4v) is 4.20. The van der Waals surface area contributed by atoms with Crippen molar-refractivity contribution in [2.24, 2.45) is 5.92 Å². The largest absolute Gasteiger partial charge is 0.311 e. The van der Waals surface area contributed by atoms with E-state index in [0.717, 1.165) is 31.1 Å². The molecular formula is C14H23N3S. The SMILES string of the molecule is Cc1nc(CNCC2CC3CCC(C2)N3C)cs1. The van der Waals surface area contributed by atoms with Crippen LogP contribution in [-0.2, 0) is 6.54 Å². The van der Waals surface area contributed by atoms with Crippen LogP contribution in [0.4, 0.5) is 0 Å². The molecule has 2 aliphatic rings. The second kappa shape index (κ2) is 5.27. The summed E-state index contributed by atoms with van der Waals surface area (Å²) in [6.07, 6.45) is 5.61. The zero-order valence-corrected chi connectivity index (χ0v) is 12.2. The molecule has 2 atom stereocenters. The topological polar surface area (TPSA) is 28.2 Å². The van der Waals surface area contributed by atoms with Gasteiger partial charge in [-0.25, -0.2) is 4.98 Å². The maximum Gasteiger partial charge on any atom is 0.0897 e. The van der Waals surface area contributed by atoms with Crippen molar-refractivity contribution in [3.05, 3.63) is 16.1 Å². The van der Waals surface area contributed by atoms with E-state index < -0.39 is 0 Å². The summed E-state index contributed by atoms with van der Waals surface area (Å²) in [5.74, 6) is 0.874. The van der Waals surface area contributed by atoms with Crippen molar-refractivity contribution in [3.63, 3.8) is 0 Å². The van der Waals surface area contributed by atoms with Crippen molar-refractivity contribution >= 4 is 11.3 Å². The number of hydrogen-bond acceptors (Lipinski definition) is 4. The van der Waals surface area contributed by atoms with Gasteiger partial charge in [0.15, 0.2) is 0 Å². The van der Waals surface area contributed by atoms with Gasteiger partial charge in [0.05, 0.1) is 10.7 Å². The monoisotopic (exact) mass is 265 g/mol. The van der Waals surface area contributed by atoms with Crippen LogP contribution in [-0.4, -0.2) is 35.6 Å². The highest BCUT2D eigenvalue weighted by atomic mass is 32.1. The first-order valence-corrected chi connectivity index (χ1v) is 7.94. The van der Waals surface area contributed by atoms with Crippen LogP contribution >= 0.6 is 11.3 Å². The number of rotatable bonds is 4. The van der Waals surface area contributed by atoms with Gasteiger partial charge in [-0.2, -0.15) is 0 Å². The Balaban J connectivity index is 1.44. The lowest BCUT2D eigenvalue weighted by atomic mass is 9.91. The fourth-order valence-electron chi connectivity index (χ4n) is 3.58. The van der Waals surface area contributed by atoms with Gasteiger partial charge in [-0.05, 0) is 52.1 Å². The lowest BCUT2D eigenvalue weighted by Crippen LogP contribution is -2.42. The minimum Gasteiger partial charge on any atom is -0.311 e. The molecule has 0 aromatic carbocycles. The van der Waals surface area contributed by atoms with Crippen LogP contribution in [0.25, 0.3) is 0 Å². The Hall–Kier alpha value is -0.450. The van der Waals surface area contributed by atoms with Gasteiger partial charge in [0.2, 0.25) is 0 Å². The van der Waals surface area contributed by atoms with Gasteiger partial charge in [0.1, 0.15) is 0 Å². The van der Waals surface area contributed by atoms with E-state index in [-0.39, 0.29) is 0 Å². The molecule has 0 amide bonds. The van der Waals surface area contributed by atoms with Gasteiger partial charge in [-0.1, -0.05) is 0 Å². The Kier molecular flexibility index (Phi) is 3.68. The molecular weight excluding hydrogens is 242 g/mol. The number of aromatic nitrogens is 1. The average Bonchev–Trinajstić information content (AvgIpc) is 2.82. The minimum atomic E-state index is 0.858. The zero-order valence-electron chi connectivity index (χ0n) is 11.4. The van der Waals surface area contributed by atoms with Crippen LogP contribution in [0.3, 0.4) is 0 Å². The molecule has 3 rings (SSSR count).